The van der Waals surface area contributed by atoms with Gasteiger partial charge in [-0.3, -0.25) is 14.7 Å². The number of thioether (sulfide) groups is 1. The van der Waals surface area contributed by atoms with E-state index in [0.29, 0.717) is 17.7 Å². The third kappa shape index (κ3) is 5.00. The van der Waals surface area contributed by atoms with Gasteiger partial charge in [-0.2, -0.15) is 11.8 Å². The Labute approximate surface area is 131 Å². The van der Waals surface area contributed by atoms with Crippen molar-refractivity contribution in [2.75, 3.05) is 25.1 Å². The highest BCUT2D eigenvalue weighted by molar-refractivity contribution is 7.99. The lowest BCUT2D eigenvalue weighted by molar-refractivity contribution is -0.119. The normalized spacial score (nSPS) is 22.4. The van der Waals surface area contributed by atoms with Gasteiger partial charge >= 0.3 is 0 Å². The quantitative estimate of drug-likeness (QED) is 0.838. The summed E-state index contributed by atoms with van der Waals surface area (Å²) >= 11 is 1.58. The zero-order valence-corrected chi connectivity index (χ0v) is 13.7. The van der Waals surface area contributed by atoms with Gasteiger partial charge < -0.3 is 5.32 Å². The van der Waals surface area contributed by atoms with E-state index in [2.05, 4.69) is 34.3 Å². The molecule has 1 aliphatic heterocycles. The number of rotatable bonds is 7. The van der Waals surface area contributed by atoms with E-state index in [1.54, 1.807) is 11.8 Å². The molecule has 0 radical (unpaired) electrons. The largest absolute Gasteiger partial charge is 0.351 e. The smallest absolute Gasteiger partial charge is 0.230 e. The first-order chi connectivity index (χ1) is 10.2. The second-order valence-corrected chi connectivity index (χ2v) is 6.57. The van der Waals surface area contributed by atoms with Gasteiger partial charge in [-0.25, -0.2) is 0 Å². The van der Waals surface area contributed by atoms with Crippen molar-refractivity contribution in [1.82, 2.24) is 15.2 Å². The monoisotopic (exact) mass is 307 g/mol. The van der Waals surface area contributed by atoms with Crippen molar-refractivity contribution in [1.29, 1.82) is 0 Å². The van der Waals surface area contributed by atoms with E-state index in [9.17, 15) is 4.79 Å². The molecule has 4 nitrogen and oxygen atoms in total. The first kappa shape index (κ1) is 16.3. The highest BCUT2D eigenvalue weighted by Gasteiger charge is 2.32. The summed E-state index contributed by atoms with van der Waals surface area (Å²) in [7, 11) is 0. The van der Waals surface area contributed by atoms with Crippen LogP contribution in [0.4, 0.5) is 0 Å². The maximum Gasteiger partial charge on any atom is 0.230 e. The van der Waals surface area contributed by atoms with Crippen LogP contribution < -0.4 is 5.32 Å². The fraction of sp³-hybridized carbons (Fsp3) is 0.625. The number of nitrogens with one attached hydrogen (secondary N) is 1. The van der Waals surface area contributed by atoms with E-state index in [0.717, 1.165) is 19.6 Å². The zero-order chi connectivity index (χ0) is 15.1. The number of amides is 1. The number of aromatic nitrogens is 1. The molecule has 1 saturated heterocycles. The molecule has 0 spiro atoms. The SMILES string of the molecule is CCC[C@H]1CN(Cc2ccncc2)C[C@@H]1NC(=O)CSC. The molecule has 2 rings (SSSR count). The van der Waals surface area contributed by atoms with Gasteiger partial charge in [-0.1, -0.05) is 13.3 Å². The lowest BCUT2D eigenvalue weighted by atomic mass is 9.98. The summed E-state index contributed by atoms with van der Waals surface area (Å²) in [4.78, 5) is 18.4. The number of carbonyl (C=O) groups is 1. The molecule has 0 saturated carbocycles. The standard InChI is InChI=1S/C16H25N3OS/c1-3-4-14-10-19(9-13-5-7-17-8-6-13)11-15(14)18-16(20)12-21-2/h5-8,14-15H,3-4,9-12H2,1-2H3,(H,18,20)/t14-,15-/m0/s1. The van der Waals surface area contributed by atoms with E-state index in [-0.39, 0.29) is 5.91 Å². The Morgan fingerprint density at radius 3 is 2.86 bits per heavy atom. The summed E-state index contributed by atoms with van der Waals surface area (Å²) in [5, 5.41) is 3.22. The van der Waals surface area contributed by atoms with Crippen LogP contribution in [0.1, 0.15) is 25.3 Å². The fourth-order valence-electron chi connectivity index (χ4n) is 3.04. The van der Waals surface area contributed by atoms with E-state index in [1.165, 1.54) is 18.4 Å². The lowest BCUT2D eigenvalue weighted by Gasteiger charge is -2.19. The molecule has 116 valence electrons. The second-order valence-electron chi connectivity index (χ2n) is 5.71. The Morgan fingerprint density at radius 1 is 1.43 bits per heavy atom. The molecule has 1 fully saturated rings. The molecular weight excluding hydrogens is 282 g/mol. The van der Waals surface area contributed by atoms with Crippen LogP contribution >= 0.6 is 11.8 Å². The average molecular weight is 307 g/mol. The molecule has 21 heavy (non-hydrogen) atoms. The van der Waals surface area contributed by atoms with Crippen LogP contribution in [0.25, 0.3) is 0 Å². The van der Waals surface area contributed by atoms with Gasteiger partial charge in [0.05, 0.1) is 5.75 Å². The maximum absolute atomic E-state index is 11.9. The van der Waals surface area contributed by atoms with E-state index >= 15 is 0 Å². The second kappa shape index (κ2) is 8.39. The first-order valence-corrected chi connectivity index (χ1v) is 9.01. The third-order valence-electron chi connectivity index (χ3n) is 3.95. The highest BCUT2D eigenvalue weighted by Crippen LogP contribution is 2.23. The molecule has 5 heteroatoms. The molecule has 0 bridgehead atoms. The summed E-state index contributed by atoms with van der Waals surface area (Å²) in [6, 6.07) is 4.43. The lowest BCUT2D eigenvalue weighted by Crippen LogP contribution is -2.41. The molecule has 0 aromatic carbocycles. The topological polar surface area (TPSA) is 45.2 Å². The van der Waals surface area contributed by atoms with Crippen molar-refractivity contribution in [3.8, 4) is 0 Å². The van der Waals surface area contributed by atoms with Crippen molar-refractivity contribution < 1.29 is 4.79 Å². The molecule has 2 heterocycles. The van der Waals surface area contributed by atoms with Gasteiger partial charge in [0.1, 0.15) is 0 Å². The minimum absolute atomic E-state index is 0.166. The van der Waals surface area contributed by atoms with Gasteiger partial charge in [-0.05, 0) is 36.3 Å². The fourth-order valence-corrected chi connectivity index (χ4v) is 3.39. The Bertz CT molecular complexity index is 440. The maximum atomic E-state index is 11.9. The Hall–Kier alpha value is -1.07. The summed E-state index contributed by atoms with van der Waals surface area (Å²) in [5.74, 6) is 1.29. The number of carbonyl (C=O) groups excluding carboxylic acids is 1. The van der Waals surface area contributed by atoms with Crippen LogP contribution in [0.5, 0.6) is 0 Å². The van der Waals surface area contributed by atoms with Gasteiger partial charge in [-0.15, -0.1) is 0 Å². The minimum atomic E-state index is 0.166. The molecule has 1 aliphatic rings. The molecular formula is C16H25N3OS. The van der Waals surface area contributed by atoms with Crippen molar-refractivity contribution in [2.24, 2.45) is 5.92 Å². The number of likely N-dealkylation sites (tertiary alicyclic amines) is 1. The molecule has 1 aromatic rings. The molecule has 1 aromatic heterocycles. The Balaban J connectivity index is 1.92. The number of hydrogen-bond donors (Lipinski definition) is 1. The van der Waals surface area contributed by atoms with Gasteiger partial charge in [0.15, 0.2) is 0 Å². The molecule has 0 aliphatic carbocycles. The van der Waals surface area contributed by atoms with Crippen molar-refractivity contribution >= 4 is 17.7 Å². The number of pyridine rings is 1. The predicted molar refractivity (Wildman–Crippen MR) is 88.2 cm³/mol. The highest BCUT2D eigenvalue weighted by atomic mass is 32.2. The Kier molecular flexibility index (Phi) is 6.51. The summed E-state index contributed by atoms with van der Waals surface area (Å²) in [6.45, 7) is 5.18. The van der Waals surface area contributed by atoms with Crippen LogP contribution in [0.2, 0.25) is 0 Å². The molecule has 0 unspecified atom stereocenters. The van der Waals surface area contributed by atoms with Crippen LogP contribution in [0, 0.1) is 5.92 Å². The van der Waals surface area contributed by atoms with Crippen LogP contribution in [-0.2, 0) is 11.3 Å². The zero-order valence-electron chi connectivity index (χ0n) is 12.9. The summed E-state index contributed by atoms with van der Waals surface area (Å²) in [6.07, 6.45) is 7.99. The minimum Gasteiger partial charge on any atom is -0.351 e. The van der Waals surface area contributed by atoms with E-state index in [1.807, 2.05) is 18.6 Å². The third-order valence-corrected chi connectivity index (χ3v) is 4.50. The molecule has 2 atom stereocenters. The van der Waals surface area contributed by atoms with Crippen molar-refractivity contribution in [3.05, 3.63) is 30.1 Å². The average Bonchev–Trinajstić information content (AvgIpc) is 2.82. The number of hydrogen-bond acceptors (Lipinski definition) is 4. The Morgan fingerprint density at radius 2 is 2.19 bits per heavy atom. The predicted octanol–water partition coefficient (Wildman–Crippen LogP) is 2.16. The molecule has 1 N–H and O–H groups in total. The van der Waals surface area contributed by atoms with Crippen LogP contribution in [0.3, 0.4) is 0 Å². The van der Waals surface area contributed by atoms with E-state index in [4.69, 9.17) is 0 Å². The van der Waals surface area contributed by atoms with Crippen LogP contribution in [0.15, 0.2) is 24.5 Å². The number of nitrogens with zero attached hydrogens (tertiary/aromatic N) is 2. The van der Waals surface area contributed by atoms with Gasteiger partial charge in [0.25, 0.3) is 0 Å². The summed E-state index contributed by atoms with van der Waals surface area (Å²) < 4.78 is 0. The van der Waals surface area contributed by atoms with E-state index < -0.39 is 0 Å². The molecule has 1 amide bonds. The van der Waals surface area contributed by atoms with Gasteiger partial charge in [0, 0.05) is 38.1 Å². The van der Waals surface area contributed by atoms with Crippen molar-refractivity contribution in [3.63, 3.8) is 0 Å². The van der Waals surface area contributed by atoms with Gasteiger partial charge in [0.2, 0.25) is 5.91 Å². The van der Waals surface area contributed by atoms with Crippen molar-refractivity contribution in [2.45, 2.75) is 32.4 Å². The summed E-state index contributed by atoms with van der Waals surface area (Å²) in [5.41, 5.74) is 1.29. The van der Waals surface area contributed by atoms with Crippen LogP contribution in [-0.4, -0.2) is 46.9 Å². The first-order valence-electron chi connectivity index (χ1n) is 7.62.